The number of likely N-dealkylation sites (tertiary alicyclic amines) is 1. The van der Waals surface area contributed by atoms with E-state index in [-0.39, 0.29) is 5.78 Å². The van der Waals surface area contributed by atoms with Crippen LogP contribution >= 0.6 is 27.5 Å². The molecule has 1 aliphatic heterocycles. The molecule has 1 saturated heterocycles. The Morgan fingerprint density at radius 1 is 1.24 bits per heavy atom. The van der Waals surface area contributed by atoms with Gasteiger partial charge in [0.05, 0.1) is 5.54 Å². The summed E-state index contributed by atoms with van der Waals surface area (Å²) in [7, 11) is 0. The van der Waals surface area contributed by atoms with E-state index in [2.05, 4.69) is 20.8 Å². The van der Waals surface area contributed by atoms with E-state index in [4.69, 9.17) is 11.6 Å². The molecule has 1 aromatic rings. The Morgan fingerprint density at radius 2 is 1.86 bits per heavy atom. The van der Waals surface area contributed by atoms with Gasteiger partial charge in [0.25, 0.3) is 0 Å². The van der Waals surface area contributed by atoms with Crippen molar-refractivity contribution in [3.05, 3.63) is 33.3 Å². The molecule has 0 aliphatic carbocycles. The molecule has 0 atom stereocenters. The van der Waals surface area contributed by atoms with Crippen LogP contribution in [0.3, 0.4) is 0 Å². The molecule has 1 heterocycles. The number of hydrogen-bond donors (Lipinski definition) is 0. The van der Waals surface area contributed by atoms with E-state index in [1.807, 2.05) is 32.0 Å². The van der Waals surface area contributed by atoms with E-state index >= 15 is 0 Å². The van der Waals surface area contributed by atoms with Crippen LogP contribution in [0.25, 0.3) is 0 Å². The lowest BCUT2D eigenvalue weighted by atomic mass is 9.91. The van der Waals surface area contributed by atoms with Gasteiger partial charge in [-0.2, -0.15) is 0 Å². The van der Waals surface area contributed by atoms with Gasteiger partial charge in [0.15, 0.2) is 5.78 Å². The van der Waals surface area contributed by atoms with Gasteiger partial charge in [-0.15, -0.1) is 0 Å². The van der Waals surface area contributed by atoms with E-state index in [0.717, 1.165) is 23.1 Å². The smallest absolute Gasteiger partial charge is 0.156 e. The van der Waals surface area contributed by atoms with Crippen molar-refractivity contribution in [2.24, 2.45) is 0 Å². The first-order valence-electron chi connectivity index (χ1n) is 7.63. The second-order valence-corrected chi connectivity index (χ2v) is 7.62. The number of halogens is 2. The lowest BCUT2D eigenvalue weighted by molar-refractivity contribution is -0.128. The molecule has 2 nitrogen and oxygen atoms in total. The molecular weight excluding hydrogens is 350 g/mol. The maximum absolute atomic E-state index is 12.8. The first kappa shape index (κ1) is 17.0. The van der Waals surface area contributed by atoms with Crippen LogP contribution in [0.4, 0.5) is 0 Å². The van der Waals surface area contributed by atoms with Crippen molar-refractivity contribution in [1.82, 2.24) is 4.90 Å². The molecular formula is C17H23BrClNO. The van der Waals surface area contributed by atoms with Gasteiger partial charge in [-0.25, -0.2) is 0 Å². The molecule has 1 aliphatic rings. The third-order valence-corrected chi connectivity index (χ3v) is 5.29. The van der Waals surface area contributed by atoms with E-state index in [1.54, 1.807) is 0 Å². The SMILES string of the molecule is CC(C)(C(=O)Cc1ccc(Br)cc1Cl)N1CCCCCC1. The number of carbonyl (C=O) groups is 1. The zero-order valence-electron chi connectivity index (χ0n) is 12.8. The molecule has 0 aromatic heterocycles. The van der Waals surface area contributed by atoms with Gasteiger partial charge in [-0.1, -0.05) is 46.4 Å². The predicted molar refractivity (Wildman–Crippen MR) is 92.0 cm³/mol. The highest BCUT2D eigenvalue weighted by Gasteiger charge is 2.34. The largest absolute Gasteiger partial charge is 0.297 e. The third kappa shape index (κ3) is 4.30. The summed E-state index contributed by atoms with van der Waals surface area (Å²) in [6.45, 7) is 6.14. The molecule has 2 rings (SSSR count). The number of carbonyl (C=O) groups excluding carboxylic acids is 1. The number of nitrogens with zero attached hydrogens (tertiary/aromatic N) is 1. The average Bonchev–Trinajstić information content (AvgIpc) is 2.71. The highest BCUT2D eigenvalue weighted by Crippen LogP contribution is 2.26. The van der Waals surface area contributed by atoms with Crippen molar-refractivity contribution in [1.29, 1.82) is 0 Å². The molecule has 0 N–H and O–H groups in total. The minimum Gasteiger partial charge on any atom is -0.297 e. The Balaban J connectivity index is 2.10. The summed E-state index contributed by atoms with van der Waals surface area (Å²) < 4.78 is 0.940. The van der Waals surface area contributed by atoms with Gasteiger partial charge >= 0.3 is 0 Å². The second kappa shape index (κ2) is 7.26. The molecule has 4 heteroatoms. The summed E-state index contributed by atoms with van der Waals surface area (Å²) in [6.07, 6.45) is 5.33. The van der Waals surface area contributed by atoms with Crippen molar-refractivity contribution >= 4 is 33.3 Å². The molecule has 21 heavy (non-hydrogen) atoms. The molecule has 0 amide bonds. The van der Waals surface area contributed by atoms with Crippen LogP contribution in [0.2, 0.25) is 5.02 Å². The van der Waals surface area contributed by atoms with Crippen LogP contribution in [0, 0.1) is 0 Å². The molecule has 0 spiro atoms. The minimum absolute atomic E-state index is 0.244. The third-order valence-electron chi connectivity index (χ3n) is 4.45. The number of rotatable bonds is 4. The van der Waals surface area contributed by atoms with Crippen LogP contribution in [0.1, 0.15) is 45.1 Å². The van der Waals surface area contributed by atoms with E-state index < -0.39 is 5.54 Å². The highest BCUT2D eigenvalue weighted by molar-refractivity contribution is 9.10. The Hall–Kier alpha value is -0.380. The second-order valence-electron chi connectivity index (χ2n) is 6.30. The highest BCUT2D eigenvalue weighted by atomic mass is 79.9. The quantitative estimate of drug-likeness (QED) is 0.751. The monoisotopic (exact) mass is 371 g/mol. The number of ketones is 1. The Labute approximate surface area is 141 Å². The number of benzene rings is 1. The summed E-state index contributed by atoms with van der Waals surface area (Å²) in [5.74, 6) is 0.244. The zero-order chi connectivity index (χ0) is 15.5. The fourth-order valence-electron chi connectivity index (χ4n) is 2.86. The maximum Gasteiger partial charge on any atom is 0.156 e. The first-order chi connectivity index (χ1) is 9.91. The summed E-state index contributed by atoms with van der Waals surface area (Å²) in [5, 5.41) is 0.657. The summed E-state index contributed by atoms with van der Waals surface area (Å²) in [6, 6.07) is 5.72. The average molecular weight is 373 g/mol. The van der Waals surface area contributed by atoms with Gasteiger partial charge in [-0.05, 0) is 57.5 Å². The summed E-state index contributed by atoms with van der Waals surface area (Å²) >= 11 is 9.64. The topological polar surface area (TPSA) is 20.3 Å². The van der Waals surface area contributed by atoms with Crippen LogP contribution in [-0.4, -0.2) is 29.3 Å². The predicted octanol–water partition coefficient (Wildman–Crippen LogP) is 4.87. The van der Waals surface area contributed by atoms with E-state index in [9.17, 15) is 4.79 Å². The van der Waals surface area contributed by atoms with Crippen molar-refractivity contribution in [3.63, 3.8) is 0 Å². The van der Waals surface area contributed by atoms with Crippen LogP contribution < -0.4 is 0 Å². The maximum atomic E-state index is 12.8. The van der Waals surface area contributed by atoms with Crippen molar-refractivity contribution in [2.45, 2.75) is 51.5 Å². The Morgan fingerprint density at radius 3 is 2.43 bits per heavy atom. The molecule has 0 saturated carbocycles. The molecule has 0 unspecified atom stereocenters. The Kier molecular flexibility index (Phi) is 5.87. The van der Waals surface area contributed by atoms with Crippen LogP contribution in [0.15, 0.2) is 22.7 Å². The van der Waals surface area contributed by atoms with E-state index in [0.29, 0.717) is 11.4 Å². The first-order valence-corrected chi connectivity index (χ1v) is 8.80. The van der Waals surface area contributed by atoms with E-state index in [1.165, 1.54) is 25.7 Å². The standard InChI is InChI=1S/C17H23BrClNO/c1-17(2,20-9-5-3-4-6-10-20)16(21)11-13-7-8-14(18)12-15(13)19/h7-8,12H,3-6,9-11H2,1-2H3. The number of Topliss-reactive ketones (excluding diaryl/α,β-unsaturated/α-hetero) is 1. The summed E-state index contributed by atoms with van der Waals surface area (Å²) in [4.78, 5) is 15.1. The summed E-state index contributed by atoms with van der Waals surface area (Å²) in [5.41, 5.74) is 0.494. The molecule has 1 fully saturated rings. The minimum atomic E-state index is -0.416. The zero-order valence-corrected chi connectivity index (χ0v) is 15.1. The fraction of sp³-hybridized carbons (Fsp3) is 0.588. The lowest BCUT2D eigenvalue weighted by Crippen LogP contribution is -2.51. The van der Waals surface area contributed by atoms with Gasteiger partial charge in [0, 0.05) is 15.9 Å². The molecule has 1 aromatic carbocycles. The van der Waals surface area contributed by atoms with Gasteiger partial charge in [-0.3, -0.25) is 9.69 Å². The normalized spacial score (nSPS) is 17.5. The lowest BCUT2D eigenvalue weighted by Gasteiger charge is -2.36. The molecule has 0 bridgehead atoms. The van der Waals surface area contributed by atoms with Crippen molar-refractivity contribution < 1.29 is 4.79 Å². The van der Waals surface area contributed by atoms with Gasteiger partial charge in [0.2, 0.25) is 0 Å². The number of hydrogen-bond acceptors (Lipinski definition) is 2. The molecule has 0 radical (unpaired) electrons. The van der Waals surface area contributed by atoms with Crippen molar-refractivity contribution in [3.8, 4) is 0 Å². The van der Waals surface area contributed by atoms with Crippen molar-refractivity contribution in [2.75, 3.05) is 13.1 Å². The van der Waals surface area contributed by atoms with Gasteiger partial charge < -0.3 is 0 Å². The molecule has 116 valence electrons. The van der Waals surface area contributed by atoms with Gasteiger partial charge in [0.1, 0.15) is 0 Å². The Bertz CT molecular complexity index is 508. The van der Waals surface area contributed by atoms with Crippen LogP contribution in [0.5, 0.6) is 0 Å². The fourth-order valence-corrected chi connectivity index (χ4v) is 3.60. The van der Waals surface area contributed by atoms with Crippen LogP contribution in [-0.2, 0) is 11.2 Å².